The second-order valence-electron chi connectivity index (χ2n) is 10.7. The predicted octanol–water partition coefficient (Wildman–Crippen LogP) is 6.49. The van der Waals surface area contributed by atoms with Crippen LogP contribution in [0.5, 0.6) is 0 Å². The molecule has 3 aromatic rings. The first-order valence-electron chi connectivity index (χ1n) is 13.5. The number of fused-ring (bicyclic) bond motifs is 1. The van der Waals surface area contributed by atoms with Crippen molar-refractivity contribution in [3.05, 3.63) is 53.6 Å². The molecule has 0 radical (unpaired) electrons. The quantitative estimate of drug-likeness (QED) is 0.423. The molecule has 2 aliphatic carbocycles. The Morgan fingerprint density at radius 2 is 1.76 bits per heavy atom. The number of ether oxygens (including phenoxy) is 1. The van der Waals surface area contributed by atoms with Gasteiger partial charge in [0.05, 0.1) is 16.8 Å². The van der Waals surface area contributed by atoms with E-state index in [-0.39, 0.29) is 12.0 Å². The molecule has 2 heterocycles. The largest absolute Gasteiger partial charge is 0.446 e. The highest BCUT2D eigenvalue weighted by Crippen LogP contribution is 2.43. The number of likely N-dealkylation sites (tertiary alicyclic amines) is 1. The highest BCUT2D eigenvalue weighted by molar-refractivity contribution is 6.02. The maximum atomic E-state index is 13.1. The van der Waals surface area contributed by atoms with Gasteiger partial charge in [0.1, 0.15) is 12.2 Å². The van der Waals surface area contributed by atoms with Gasteiger partial charge in [0.25, 0.3) is 5.91 Å². The minimum absolute atomic E-state index is 0.0686. The number of benzene rings is 2. The van der Waals surface area contributed by atoms with Crippen molar-refractivity contribution in [1.82, 2.24) is 9.47 Å². The number of amides is 2. The van der Waals surface area contributed by atoms with E-state index in [1.165, 1.54) is 0 Å². The van der Waals surface area contributed by atoms with E-state index in [9.17, 15) is 14.9 Å². The molecule has 7 nitrogen and oxygen atoms in total. The van der Waals surface area contributed by atoms with Crippen LogP contribution in [0.2, 0.25) is 0 Å². The molecule has 2 amide bonds. The average Bonchev–Trinajstić information content (AvgIpc) is 3.49. The first-order chi connectivity index (χ1) is 18.0. The standard InChI is InChI=1S/C30H32N4O3/c1-19(20-7-8-20)37-30(36)32-23-12-9-21(10-13-23)28-26(18-31)25-14-11-22(29(35)33-15-2-3-16-33)17-27(25)34(28)24-5-4-6-24/h9-14,17,19-20,24H,2-8,15-16H2,1H3,(H,32,36)/t19-/m1/s1. The Kier molecular flexibility index (Phi) is 6.11. The Balaban J connectivity index is 1.34. The summed E-state index contributed by atoms with van der Waals surface area (Å²) in [6, 6.07) is 16.1. The maximum Gasteiger partial charge on any atom is 0.411 e. The molecule has 0 unspecified atom stereocenters. The van der Waals surface area contributed by atoms with Crippen molar-refractivity contribution in [2.45, 2.75) is 64.0 Å². The smallest absolute Gasteiger partial charge is 0.411 e. The minimum atomic E-state index is -0.441. The van der Waals surface area contributed by atoms with Crippen molar-refractivity contribution in [1.29, 1.82) is 5.26 Å². The van der Waals surface area contributed by atoms with Crippen LogP contribution in [0.15, 0.2) is 42.5 Å². The van der Waals surface area contributed by atoms with Crippen LogP contribution in [0.25, 0.3) is 22.2 Å². The Morgan fingerprint density at radius 3 is 2.38 bits per heavy atom. The number of aromatic nitrogens is 1. The molecule has 3 fully saturated rings. The van der Waals surface area contributed by atoms with Gasteiger partial charge in [-0.2, -0.15) is 5.26 Å². The number of hydrogen-bond donors (Lipinski definition) is 1. The number of hydrogen-bond acceptors (Lipinski definition) is 4. The zero-order valence-electron chi connectivity index (χ0n) is 21.2. The topological polar surface area (TPSA) is 87.4 Å². The van der Waals surface area contributed by atoms with E-state index in [4.69, 9.17) is 4.74 Å². The van der Waals surface area contributed by atoms with Crippen molar-refractivity contribution < 1.29 is 14.3 Å². The summed E-state index contributed by atoms with van der Waals surface area (Å²) in [5.74, 6) is 0.552. The molecule has 1 N–H and O–H groups in total. The minimum Gasteiger partial charge on any atom is -0.446 e. The maximum absolute atomic E-state index is 13.1. The fourth-order valence-electron chi connectivity index (χ4n) is 5.66. The molecule has 0 bridgehead atoms. The fourth-order valence-corrected chi connectivity index (χ4v) is 5.66. The Hall–Kier alpha value is -3.79. The molecule has 3 aliphatic rings. The van der Waals surface area contributed by atoms with Crippen LogP contribution >= 0.6 is 0 Å². The number of nitrogens with zero attached hydrogens (tertiary/aromatic N) is 3. The first kappa shape index (κ1) is 23.6. The Morgan fingerprint density at radius 1 is 1.03 bits per heavy atom. The molecule has 6 rings (SSSR count). The van der Waals surface area contributed by atoms with E-state index in [0.29, 0.717) is 28.8 Å². The normalized spacial score (nSPS) is 18.3. The van der Waals surface area contributed by atoms with Crippen molar-refractivity contribution in [3.8, 4) is 17.3 Å². The Bertz CT molecular complexity index is 1390. The van der Waals surface area contributed by atoms with Gasteiger partial charge in [0, 0.05) is 35.8 Å². The summed E-state index contributed by atoms with van der Waals surface area (Å²) in [5, 5.41) is 13.9. The van der Waals surface area contributed by atoms with Gasteiger partial charge in [-0.15, -0.1) is 0 Å². The number of carbonyl (C=O) groups is 2. The fraction of sp³-hybridized carbons (Fsp3) is 0.433. The van der Waals surface area contributed by atoms with E-state index in [1.54, 1.807) is 0 Å². The second kappa shape index (κ2) is 9.59. The van der Waals surface area contributed by atoms with Crippen molar-refractivity contribution in [2.75, 3.05) is 18.4 Å². The Labute approximate surface area is 217 Å². The molecule has 190 valence electrons. The highest BCUT2D eigenvalue weighted by atomic mass is 16.6. The van der Waals surface area contributed by atoms with Crippen LogP contribution in [-0.4, -0.2) is 40.7 Å². The van der Waals surface area contributed by atoms with Crippen LogP contribution in [0.4, 0.5) is 10.5 Å². The van der Waals surface area contributed by atoms with E-state index in [1.807, 2.05) is 54.3 Å². The van der Waals surface area contributed by atoms with Gasteiger partial charge >= 0.3 is 6.09 Å². The lowest BCUT2D eigenvalue weighted by Gasteiger charge is -2.30. The van der Waals surface area contributed by atoms with Gasteiger partial charge in [0.15, 0.2) is 0 Å². The van der Waals surface area contributed by atoms with Crippen LogP contribution in [0.3, 0.4) is 0 Å². The lowest BCUT2D eigenvalue weighted by Crippen LogP contribution is -2.27. The number of nitrogens with one attached hydrogen (secondary N) is 1. The van der Waals surface area contributed by atoms with Gasteiger partial charge in [-0.1, -0.05) is 18.2 Å². The summed E-state index contributed by atoms with van der Waals surface area (Å²) >= 11 is 0. The van der Waals surface area contributed by atoms with Gasteiger partial charge in [-0.05, 0) is 87.6 Å². The molecule has 1 saturated heterocycles. The lowest BCUT2D eigenvalue weighted by molar-refractivity contribution is 0.0792. The van der Waals surface area contributed by atoms with Crippen LogP contribution in [-0.2, 0) is 4.74 Å². The SMILES string of the molecule is C[C@@H](OC(=O)Nc1ccc(-c2c(C#N)c3ccc(C(=O)N4CCCC4)cc3n2C2CCC2)cc1)C1CC1. The molecule has 1 aliphatic heterocycles. The lowest BCUT2D eigenvalue weighted by atomic mass is 9.92. The van der Waals surface area contributed by atoms with Crippen LogP contribution in [0.1, 0.15) is 73.8 Å². The predicted molar refractivity (Wildman–Crippen MR) is 142 cm³/mol. The zero-order valence-corrected chi connectivity index (χ0v) is 21.2. The number of anilines is 1. The third-order valence-corrected chi connectivity index (χ3v) is 8.18. The van der Waals surface area contributed by atoms with Crippen molar-refractivity contribution in [2.24, 2.45) is 5.92 Å². The molecule has 2 aromatic carbocycles. The van der Waals surface area contributed by atoms with Gasteiger partial charge in [0.2, 0.25) is 0 Å². The van der Waals surface area contributed by atoms with Crippen molar-refractivity contribution >= 4 is 28.6 Å². The van der Waals surface area contributed by atoms with E-state index in [0.717, 1.165) is 80.2 Å². The van der Waals surface area contributed by atoms with E-state index in [2.05, 4.69) is 16.0 Å². The molecule has 2 saturated carbocycles. The molecule has 37 heavy (non-hydrogen) atoms. The van der Waals surface area contributed by atoms with Gasteiger partial charge in [-0.3, -0.25) is 10.1 Å². The van der Waals surface area contributed by atoms with Crippen LogP contribution < -0.4 is 5.32 Å². The summed E-state index contributed by atoms with van der Waals surface area (Å²) in [4.78, 5) is 27.3. The van der Waals surface area contributed by atoms with Crippen molar-refractivity contribution in [3.63, 3.8) is 0 Å². The summed E-state index contributed by atoms with van der Waals surface area (Å²) in [6.07, 6.45) is 7.09. The first-order valence-corrected chi connectivity index (χ1v) is 13.5. The molecular formula is C30H32N4O3. The average molecular weight is 497 g/mol. The van der Waals surface area contributed by atoms with Crippen LogP contribution in [0, 0.1) is 17.2 Å². The summed E-state index contributed by atoms with van der Waals surface area (Å²) in [5.41, 5.74) is 4.70. The van der Waals surface area contributed by atoms with Gasteiger partial charge in [-0.25, -0.2) is 4.79 Å². The monoisotopic (exact) mass is 496 g/mol. The number of nitriles is 1. The number of rotatable bonds is 6. The molecule has 1 atom stereocenters. The van der Waals surface area contributed by atoms with Gasteiger partial charge < -0.3 is 14.2 Å². The van der Waals surface area contributed by atoms with E-state index < -0.39 is 6.09 Å². The third kappa shape index (κ3) is 4.46. The highest BCUT2D eigenvalue weighted by Gasteiger charge is 2.31. The third-order valence-electron chi connectivity index (χ3n) is 8.18. The molecule has 7 heteroatoms. The molecular weight excluding hydrogens is 464 g/mol. The number of carbonyl (C=O) groups excluding carboxylic acids is 2. The molecule has 1 aromatic heterocycles. The summed E-state index contributed by atoms with van der Waals surface area (Å²) in [6.45, 7) is 3.55. The molecule has 0 spiro atoms. The zero-order chi connectivity index (χ0) is 25.5. The summed E-state index contributed by atoms with van der Waals surface area (Å²) in [7, 11) is 0. The van der Waals surface area contributed by atoms with E-state index >= 15 is 0 Å². The second-order valence-corrected chi connectivity index (χ2v) is 10.7. The summed E-state index contributed by atoms with van der Waals surface area (Å²) < 4.78 is 7.75.